The third-order valence-electron chi connectivity index (χ3n) is 3.45. The Balaban J connectivity index is 3.02. The fraction of sp³-hybridized carbons (Fsp3) is 0.476. The Kier molecular flexibility index (Phi) is 8.70. The molecule has 0 aromatic heterocycles. The summed E-state index contributed by atoms with van der Waals surface area (Å²) in [5.74, 6) is -1.18. The molecule has 2 N–H and O–H groups in total. The lowest BCUT2D eigenvalue weighted by molar-refractivity contribution is -0.138. The number of benzene rings is 1. The summed E-state index contributed by atoms with van der Waals surface area (Å²) in [6, 6.07) is 8.31. The van der Waals surface area contributed by atoms with Gasteiger partial charge >= 0.3 is 12.1 Å². The minimum atomic E-state index is -0.933. The topological polar surface area (TPSA) is 93.7 Å². The number of hydrogen-bond donors (Lipinski definition) is 2. The number of carbonyl (C=O) groups is 3. The molecule has 0 radical (unpaired) electrons. The highest BCUT2D eigenvalue weighted by Gasteiger charge is 2.26. The second-order valence-electron chi connectivity index (χ2n) is 7.69. The highest BCUT2D eigenvalue weighted by molar-refractivity contribution is 5.96. The Bertz CT molecular complexity index is 705. The number of amides is 2. The van der Waals surface area contributed by atoms with Crippen molar-refractivity contribution < 1.29 is 23.9 Å². The van der Waals surface area contributed by atoms with Crippen molar-refractivity contribution in [2.75, 3.05) is 7.11 Å². The first kappa shape index (κ1) is 23.2. The van der Waals surface area contributed by atoms with Gasteiger partial charge in [-0.3, -0.25) is 4.79 Å². The van der Waals surface area contributed by atoms with Crippen LogP contribution in [0.3, 0.4) is 0 Å². The fourth-order valence-electron chi connectivity index (χ4n) is 2.33. The Morgan fingerprint density at radius 3 is 2.21 bits per heavy atom. The van der Waals surface area contributed by atoms with Gasteiger partial charge in [-0.1, -0.05) is 50.3 Å². The summed E-state index contributed by atoms with van der Waals surface area (Å²) in [6.07, 6.45) is 1.12. The number of rotatable bonds is 7. The molecule has 0 aliphatic heterocycles. The van der Waals surface area contributed by atoms with Crippen molar-refractivity contribution in [2.24, 2.45) is 5.92 Å². The van der Waals surface area contributed by atoms with Crippen LogP contribution >= 0.6 is 0 Å². The highest BCUT2D eigenvalue weighted by atomic mass is 16.6. The predicted octanol–water partition coefficient (Wildman–Crippen LogP) is 2.95. The summed E-state index contributed by atoms with van der Waals surface area (Å²) in [5, 5.41) is 5.15. The van der Waals surface area contributed by atoms with Gasteiger partial charge in [0, 0.05) is 6.42 Å². The van der Waals surface area contributed by atoms with Gasteiger partial charge in [0.1, 0.15) is 17.3 Å². The molecular formula is C21H30N2O5. The molecule has 0 unspecified atom stereocenters. The molecule has 0 heterocycles. The molecule has 0 fully saturated rings. The summed E-state index contributed by atoms with van der Waals surface area (Å²) in [6.45, 7) is 8.95. The Labute approximate surface area is 166 Å². The van der Waals surface area contributed by atoms with Gasteiger partial charge < -0.3 is 20.1 Å². The van der Waals surface area contributed by atoms with E-state index in [2.05, 4.69) is 10.6 Å². The molecule has 0 bridgehead atoms. The standard InChI is InChI=1S/C21H30N2O5/c1-14(2)12-17(19(25)27-6)22-18(24)16(13-15-10-8-7-9-11-15)23-20(26)28-21(3,4)5/h7-12,14,16H,13H2,1-6H3,(H,22,24)(H,23,26)/b17-12+/t16-/m0/s1. The molecule has 2 amide bonds. The van der Waals surface area contributed by atoms with Crippen molar-refractivity contribution >= 4 is 18.0 Å². The van der Waals surface area contributed by atoms with E-state index in [4.69, 9.17) is 9.47 Å². The molecule has 0 saturated heterocycles. The van der Waals surface area contributed by atoms with E-state index in [0.717, 1.165) is 5.56 Å². The van der Waals surface area contributed by atoms with E-state index in [0.29, 0.717) is 0 Å². The van der Waals surface area contributed by atoms with Gasteiger partial charge in [0.25, 0.3) is 0 Å². The summed E-state index contributed by atoms with van der Waals surface area (Å²) < 4.78 is 9.98. The monoisotopic (exact) mass is 390 g/mol. The smallest absolute Gasteiger partial charge is 0.408 e. The SMILES string of the molecule is COC(=O)/C(=C\C(C)C)NC(=O)[C@H](Cc1ccccc1)NC(=O)OC(C)(C)C. The number of nitrogens with one attached hydrogen (secondary N) is 2. The average Bonchev–Trinajstić information content (AvgIpc) is 2.58. The van der Waals surface area contributed by atoms with Gasteiger partial charge in [-0.15, -0.1) is 0 Å². The number of allylic oxidation sites excluding steroid dienone is 1. The van der Waals surface area contributed by atoms with Crippen LogP contribution in [-0.4, -0.2) is 36.7 Å². The van der Waals surface area contributed by atoms with E-state index >= 15 is 0 Å². The first-order valence-electron chi connectivity index (χ1n) is 9.16. The van der Waals surface area contributed by atoms with Gasteiger partial charge in [-0.2, -0.15) is 0 Å². The van der Waals surface area contributed by atoms with Crippen molar-refractivity contribution in [1.82, 2.24) is 10.6 Å². The highest BCUT2D eigenvalue weighted by Crippen LogP contribution is 2.10. The van der Waals surface area contributed by atoms with E-state index in [9.17, 15) is 14.4 Å². The Hall–Kier alpha value is -2.83. The summed E-state index contributed by atoms with van der Waals surface area (Å²) in [7, 11) is 1.24. The lowest BCUT2D eigenvalue weighted by Crippen LogP contribution is -2.49. The van der Waals surface area contributed by atoms with E-state index in [-0.39, 0.29) is 18.0 Å². The molecule has 7 heteroatoms. The molecule has 7 nitrogen and oxygen atoms in total. The zero-order valence-corrected chi connectivity index (χ0v) is 17.4. The quantitative estimate of drug-likeness (QED) is 0.551. The molecule has 154 valence electrons. The van der Waals surface area contributed by atoms with E-state index < -0.39 is 29.6 Å². The number of ether oxygens (including phenoxy) is 2. The minimum Gasteiger partial charge on any atom is -0.464 e. The van der Waals surface area contributed by atoms with E-state index in [1.54, 1.807) is 26.8 Å². The number of carbonyl (C=O) groups excluding carboxylic acids is 3. The van der Waals surface area contributed by atoms with Gasteiger partial charge in [0.15, 0.2) is 0 Å². The second-order valence-corrected chi connectivity index (χ2v) is 7.69. The first-order valence-corrected chi connectivity index (χ1v) is 9.16. The Morgan fingerprint density at radius 1 is 1.11 bits per heavy atom. The molecule has 0 aliphatic rings. The lowest BCUT2D eigenvalue weighted by atomic mass is 10.0. The number of methoxy groups -OCH3 is 1. The summed E-state index contributed by atoms with van der Waals surface area (Å²) >= 11 is 0. The summed E-state index contributed by atoms with van der Waals surface area (Å²) in [4.78, 5) is 37.0. The molecular weight excluding hydrogens is 360 g/mol. The van der Waals surface area contributed by atoms with Crippen molar-refractivity contribution in [3.8, 4) is 0 Å². The predicted molar refractivity (Wildman–Crippen MR) is 106 cm³/mol. The molecule has 28 heavy (non-hydrogen) atoms. The van der Waals surface area contributed by atoms with Crippen LogP contribution in [0.1, 0.15) is 40.2 Å². The lowest BCUT2D eigenvalue weighted by Gasteiger charge is -2.23. The van der Waals surface area contributed by atoms with Crippen LogP contribution in [0.4, 0.5) is 4.79 Å². The zero-order chi connectivity index (χ0) is 21.3. The average molecular weight is 390 g/mol. The fourth-order valence-corrected chi connectivity index (χ4v) is 2.33. The summed E-state index contributed by atoms with van der Waals surface area (Å²) in [5.41, 5.74) is 0.185. The normalized spacial score (nSPS) is 12.9. The maximum absolute atomic E-state index is 12.8. The number of alkyl carbamates (subject to hydrolysis) is 1. The molecule has 0 spiro atoms. The van der Waals surface area contributed by atoms with Crippen molar-refractivity contribution in [3.05, 3.63) is 47.7 Å². The molecule has 0 aliphatic carbocycles. The van der Waals surface area contributed by atoms with Crippen LogP contribution in [-0.2, 0) is 25.5 Å². The molecule has 1 aromatic carbocycles. The van der Waals surface area contributed by atoms with Crippen LogP contribution in [0, 0.1) is 5.92 Å². The van der Waals surface area contributed by atoms with Crippen molar-refractivity contribution in [2.45, 2.75) is 52.7 Å². The van der Waals surface area contributed by atoms with Crippen molar-refractivity contribution in [1.29, 1.82) is 0 Å². The Morgan fingerprint density at radius 2 is 1.71 bits per heavy atom. The third kappa shape index (κ3) is 8.70. The maximum atomic E-state index is 12.8. The minimum absolute atomic E-state index is 0.0146. The van der Waals surface area contributed by atoms with Gasteiger partial charge in [-0.05, 0) is 32.3 Å². The largest absolute Gasteiger partial charge is 0.464 e. The maximum Gasteiger partial charge on any atom is 0.408 e. The first-order chi connectivity index (χ1) is 13.0. The van der Waals surface area contributed by atoms with E-state index in [1.807, 2.05) is 44.2 Å². The van der Waals surface area contributed by atoms with E-state index in [1.165, 1.54) is 7.11 Å². The molecule has 0 saturated carbocycles. The number of hydrogen-bond acceptors (Lipinski definition) is 5. The van der Waals surface area contributed by atoms with Crippen LogP contribution < -0.4 is 10.6 Å². The van der Waals surface area contributed by atoms with Gasteiger partial charge in [0.2, 0.25) is 5.91 Å². The second kappa shape index (κ2) is 10.5. The van der Waals surface area contributed by atoms with Crippen LogP contribution in [0.15, 0.2) is 42.1 Å². The van der Waals surface area contributed by atoms with Crippen LogP contribution in [0.2, 0.25) is 0 Å². The van der Waals surface area contributed by atoms with Gasteiger partial charge in [-0.25, -0.2) is 9.59 Å². The van der Waals surface area contributed by atoms with Crippen LogP contribution in [0.5, 0.6) is 0 Å². The van der Waals surface area contributed by atoms with Crippen molar-refractivity contribution in [3.63, 3.8) is 0 Å². The molecule has 1 aromatic rings. The number of esters is 1. The molecule has 1 rings (SSSR count). The zero-order valence-electron chi connectivity index (χ0n) is 17.4. The van der Waals surface area contributed by atoms with Crippen LogP contribution in [0.25, 0.3) is 0 Å². The van der Waals surface area contributed by atoms with Gasteiger partial charge in [0.05, 0.1) is 7.11 Å². The molecule has 1 atom stereocenters. The third-order valence-corrected chi connectivity index (χ3v) is 3.45.